The Morgan fingerprint density at radius 2 is 2.15 bits per heavy atom. The molecule has 1 unspecified atom stereocenters. The number of aromatic nitrogens is 3. The lowest BCUT2D eigenvalue weighted by molar-refractivity contribution is -0.137. The predicted molar refractivity (Wildman–Crippen MR) is 96.3 cm³/mol. The number of rotatable bonds is 5. The SMILES string of the molecule is O=C(O)Cn1nc(Cc2cccs2)nc1C1CC(=O)Nc2ccccc21. The lowest BCUT2D eigenvalue weighted by atomic mass is 9.90. The summed E-state index contributed by atoms with van der Waals surface area (Å²) < 4.78 is 1.41. The summed E-state index contributed by atoms with van der Waals surface area (Å²) >= 11 is 1.60. The van der Waals surface area contributed by atoms with Crippen LogP contribution in [0.15, 0.2) is 41.8 Å². The van der Waals surface area contributed by atoms with E-state index in [0.29, 0.717) is 18.1 Å². The van der Waals surface area contributed by atoms with Gasteiger partial charge in [0.2, 0.25) is 5.91 Å². The Morgan fingerprint density at radius 1 is 1.31 bits per heavy atom. The molecular weight excluding hydrogens is 352 g/mol. The molecular formula is C18H16N4O3S. The fraction of sp³-hybridized carbons (Fsp3) is 0.222. The Kier molecular flexibility index (Phi) is 4.26. The summed E-state index contributed by atoms with van der Waals surface area (Å²) in [6, 6.07) is 11.5. The third-order valence-electron chi connectivity index (χ3n) is 4.25. The van der Waals surface area contributed by atoms with Crippen LogP contribution in [0.25, 0.3) is 0 Å². The number of carboxylic acid groups (broad SMARTS) is 1. The summed E-state index contributed by atoms with van der Waals surface area (Å²) in [6.45, 7) is -0.285. The smallest absolute Gasteiger partial charge is 0.325 e. The lowest BCUT2D eigenvalue weighted by Crippen LogP contribution is -2.26. The Balaban J connectivity index is 1.76. The number of hydrogen-bond donors (Lipinski definition) is 2. The molecule has 1 aromatic carbocycles. The molecule has 2 N–H and O–H groups in total. The molecule has 3 aromatic rings. The number of nitrogens with one attached hydrogen (secondary N) is 1. The van der Waals surface area contributed by atoms with E-state index in [1.165, 1.54) is 4.68 Å². The monoisotopic (exact) mass is 368 g/mol. The zero-order chi connectivity index (χ0) is 18.1. The maximum Gasteiger partial charge on any atom is 0.325 e. The molecule has 0 bridgehead atoms. The number of anilines is 1. The third-order valence-corrected chi connectivity index (χ3v) is 5.13. The number of amides is 1. The number of fused-ring (bicyclic) bond motifs is 1. The fourth-order valence-corrected chi connectivity index (χ4v) is 3.89. The first-order chi connectivity index (χ1) is 12.6. The van der Waals surface area contributed by atoms with Crippen molar-refractivity contribution in [2.24, 2.45) is 0 Å². The van der Waals surface area contributed by atoms with Gasteiger partial charge < -0.3 is 10.4 Å². The van der Waals surface area contributed by atoms with Crippen LogP contribution < -0.4 is 5.32 Å². The molecule has 0 aliphatic carbocycles. The Hall–Kier alpha value is -3.00. The lowest BCUT2D eigenvalue weighted by Gasteiger charge is -2.24. The van der Waals surface area contributed by atoms with Gasteiger partial charge in [0.05, 0.1) is 5.92 Å². The van der Waals surface area contributed by atoms with Gasteiger partial charge in [-0.05, 0) is 23.1 Å². The van der Waals surface area contributed by atoms with Crippen molar-refractivity contribution >= 4 is 28.9 Å². The summed E-state index contributed by atoms with van der Waals surface area (Å²) in [5.41, 5.74) is 1.66. The van der Waals surface area contributed by atoms with Crippen molar-refractivity contribution in [2.45, 2.75) is 25.3 Å². The van der Waals surface area contributed by atoms with E-state index in [4.69, 9.17) is 0 Å². The minimum absolute atomic E-state index is 0.113. The summed E-state index contributed by atoms with van der Waals surface area (Å²) in [7, 11) is 0. The number of nitrogens with zero attached hydrogens (tertiary/aromatic N) is 3. The quantitative estimate of drug-likeness (QED) is 0.721. The first-order valence-corrected chi connectivity index (χ1v) is 9.04. The molecule has 4 rings (SSSR count). The molecule has 0 saturated heterocycles. The van der Waals surface area contributed by atoms with E-state index in [1.807, 2.05) is 41.8 Å². The van der Waals surface area contributed by atoms with Crippen molar-refractivity contribution in [3.05, 3.63) is 63.9 Å². The molecule has 0 radical (unpaired) electrons. The van der Waals surface area contributed by atoms with E-state index in [-0.39, 0.29) is 24.8 Å². The highest BCUT2D eigenvalue weighted by Gasteiger charge is 2.31. The summed E-state index contributed by atoms with van der Waals surface area (Å²) in [4.78, 5) is 29.1. The first-order valence-electron chi connectivity index (χ1n) is 8.16. The molecule has 1 aliphatic heterocycles. The Morgan fingerprint density at radius 3 is 2.92 bits per heavy atom. The molecule has 1 aliphatic rings. The van der Waals surface area contributed by atoms with E-state index < -0.39 is 5.97 Å². The van der Waals surface area contributed by atoms with E-state index in [2.05, 4.69) is 15.4 Å². The topological polar surface area (TPSA) is 97.1 Å². The first kappa shape index (κ1) is 16.5. The van der Waals surface area contributed by atoms with Crippen molar-refractivity contribution in [3.63, 3.8) is 0 Å². The number of para-hydroxylation sites is 1. The van der Waals surface area contributed by atoms with Gasteiger partial charge in [0, 0.05) is 23.4 Å². The van der Waals surface area contributed by atoms with Crippen molar-refractivity contribution < 1.29 is 14.7 Å². The number of benzene rings is 1. The molecule has 1 atom stereocenters. The minimum atomic E-state index is -0.993. The average Bonchev–Trinajstić information content (AvgIpc) is 3.24. The van der Waals surface area contributed by atoms with Crippen LogP contribution in [-0.2, 0) is 22.6 Å². The average molecular weight is 368 g/mol. The second kappa shape index (κ2) is 6.72. The Bertz CT molecular complexity index is 965. The number of carbonyl (C=O) groups excluding carboxylic acids is 1. The van der Waals surface area contributed by atoms with Gasteiger partial charge in [-0.1, -0.05) is 24.3 Å². The van der Waals surface area contributed by atoms with Gasteiger partial charge >= 0.3 is 5.97 Å². The van der Waals surface area contributed by atoms with Crippen LogP contribution in [0.3, 0.4) is 0 Å². The number of carbonyl (C=O) groups is 2. The van der Waals surface area contributed by atoms with E-state index in [9.17, 15) is 14.7 Å². The van der Waals surface area contributed by atoms with Crippen molar-refractivity contribution in [3.8, 4) is 0 Å². The molecule has 2 aromatic heterocycles. The number of carboxylic acids is 1. The summed E-state index contributed by atoms with van der Waals surface area (Å²) in [5, 5.41) is 18.5. The van der Waals surface area contributed by atoms with Gasteiger partial charge in [-0.3, -0.25) is 9.59 Å². The normalized spacial score (nSPS) is 16.2. The van der Waals surface area contributed by atoms with Gasteiger partial charge in [0.1, 0.15) is 12.4 Å². The molecule has 8 heteroatoms. The third kappa shape index (κ3) is 3.23. The standard InChI is InChI=1S/C18H16N4O3S/c23-16-9-13(12-5-1-2-6-14(12)19-16)18-20-15(8-11-4-3-7-26-11)21-22(18)10-17(24)25/h1-7,13H,8-10H2,(H,19,23)(H,24,25). The van der Waals surface area contributed by atoms with Gasteiger partial charge in [-0.2, -0.15) is 5.10 Å². The molecule has 3 heterocycles. The predicted octanol–water partition coefficient (Wildman–Crippen LogP) is 2.49. The Labute approximate surface area is 153 Å². The van der Waals surface area contributed by atoms with Crippen LogP contribution in [0.2, 0.25) is 0 Å². The number of aliphatic carboxylic acids is 1. The van der Waals surface area contributed by atoms with E-state index >= 15 is 0 Å². The van der Waals surface area contributed by atoms with E-state index in [1.54, 1.807) is 11.3 Å². The largest absolute Gasteiger partial charge is 0.480 e. The zero-order valence-corrected chi connectivity index (χ0v) is 14.6. The molecule has 0 spiro atoms. The van der Waals surface area contributed by atoms with Gasteiger partial charge in [-0.25, -0.2) is 9.67 Å². The van der Waals surface area contributed by atoms with Crippen LogP contribution in [0, 0.1) is 0 Å². The number of thiophene rings is 1. The highest BCUT2D eigenvalue weighted by atomic mass is 32.1. The molecule has 0 saturated carbocycles. The highest BCUT2D eigenvalue weighted by Crippen LogP contribution is 2.36. The second-order valence-corrected chi connectivity index (χ2v) is 7.12. The van der Waals surface area contributed by atoms with Crippen molar-refractivity contribution in [1.82, 2.24) is 14.8 Å². The number of hydrogen-bond acceptors (Lipinski definition) is 5. The van der Waals surface area contributed by atoms with Crippen LogP contribution >= 0.6 is 11.3 Å². The molecule has 7 nitrogen and oxygen atoms in total. The fourth-order valence-electron chi connectivity index (χ4n) is 3.19. The van der Waals surface area contributed by atoms with Gasteiger partial charge in [0.15, 0.2) is 5.82 Å². The zero-order valence-electron chi connectivity index (χ0n) is 13.8. The summed E-state index contributed by atoms with van der Waals surface area (Å²) in [5.74, 6) is -0.344. The van der Waals surface area contributed by atoms with Gasteiger partial charge in [0.25, 0.3) is 0 Å². The second-order valence-electron chi connectivity index (χ2n) is 6.09. The van der Waals surface area contributed by atoms with Crippen LogP contribution in [0.1, 0.15) is 34.4 Å². The highest BCUT2D eigenvalue weighted by molar-refractivity contribution is 7.09. The maximum atomic E-state index is 12.1. The van der Waals surface area contributed by atoms with Crippen molar-refractivity contribution in [1.29, 1.82) is 0 Å². The van der Waals surface area contributed by atoms with Crippen molar-refractivity contribution in [2.75, 3.05) is 5.32 Å². The minimum Gasteiger partial charge on any atom is -0.480 e. The molecule has 132 valence electrons. The molecule has 1 amide bonds. The molecule has 26 heavy (non-hydrogen) atoms. The molecule has 0 fully saturated rings. The summed E-state index contributed by atoms with van der Waals surface area (Å²) in [6.07, 6.45) is 0.756. The maximum absolute atomic E-state index is 12.1. The van der Waals surface area contributed by atoms with Crippen LogP contribution in [0.5, 0.6) is 0 Å². The van der Waals surface area contributed by atoms with Gasteiger partial charge in [-0.15, -0.1) is 11.3 Å². The van der Waals surface area contributed by atoms with E-state index in [0.717, 1.165) is 16.1 Å². The van der Waals surface area contributed by atoms with Crippen LogP contribution in [0.4, 0.5) is 5.69 Å². The van der Waals surface area contributed by atoms with Crippen LogP contribution in [-0.4, -0.2) is 31.7 Å².